The maximum absolute atomic E-state index is 6.45. The number of benzene rings is 9. The SMILES string of the molecule is c1ccc(-c2nc3ccc4c(c5ccccc5n4-c4cc(-c5ccccn5)cc(-c5ccccn5)n4)c3o2)cc1.c1ccc(-c2nc3ccc4c(c5ccccc5n4-c4cc(-c5cccnc5)cc(-c5cccnc5)n4)c3o2)cc1.c1ccc(-c2nc3ccc4c(c5ccccc5n4-c4cccc(-c5ccncc5)n4)c3o2)cc1. The van der Waals surface area contributed by atoms with Gasteiger partial charge in [0.15, 0.2) is 16.7 Å². The Morgan fingerprint density at radius 3 is 1.09 bits per heavy atom. The van der Waals surface area contributed by atoms with Crippen LogP contribution in [0.1, 0.15) is 0 Å². The number of fused-ring (bicyclic) bond motifs is 15. The van der Waals surface area contributed by atoms with E-state index in [0.717, 1.165) is 189 Å². The second-order valence-electron chi connectivity index (χ2n) is 27.4. The number of para-hydroxylation sites is 3. The lowest BCUT2D eigenvalue weighted by Gasteiger charge is -2.12. The highest BCUT2D eigenvalue weighted by molar-refractivity contribution is 6.21. The average Bonchev–Trinajstić information content (AvgIpc) is 1.58. The van der Waals surface area contributed by atoms with Gasteiger partial charge in [0.25, 0.3) is 0 Å². The van der Waals surface area contributed by atoms with E-state index < -0.39 is 0 Å². The molecular formula is C97H60N14O3. The number of rotatable bonds is 11. The molecule has 14 heterocycles. The van der Waals surface area contributed by atoms with E-state index in [-0.39, 0.29) is 0 Å². The van der Waals surface area contributed by atoms with E-state index >= 15 is 0 Å². The van der Waals surface area contributed by atoms with Gasteiger partial charge in [-0.2, -0.15) is 0 Å². The Kier molecular flexibility index (Phi) is 16.4. The first-order chi connectivity index (χ1) is 56.5. The average molecular weight is 1470 g/mol. The molecule has 0 aliphatic carbocycles. The minimum atomic E-state index is 0.604. The monoisotopic (exact) mass is 1470 g/mol. The summed E-state index contributed by atoms with van der Waals surface area (Å²) in [4.78, 5) is 51.8. The Hall–Kier alpha value is -16.0. The summed E-state index contributed by atoms with van der Waals surface area (Å²) in [5.41, 5.74) is 23.0. The molecule has 17 heteroatoms. The highest BCUT2D eigenvalue weighted by Gasteiger charge is 2.25. The van der Waals surface area contributed by atoms with Gasteiger partial charge in [-0.15, -0.1) is 0 Å². The Morgan fingerprint density at radius 1 is 0.211 bits per heavy atom. The predicted molar refractivity (Wildman–Crippen MR) is 451 cm³/mol. The van der Waals surface area contributed by atoms with Gasteiger partial charge in [-0.25, -0.2) is 29.9 Å². The van der Waals surface area contributed by atoms with E-state index in [1.807, 2.05) is 219 Å². The summed E-state index contributed by atoms with van der Waals surface area (Å²) in [5, 5.41) is 6.32. The summed E-state index contributed by atoms with van der Waals surface area (Å²) in [5.74, 6) is 4.26. The number of hydrogen-bond donors (Lipinski definition) is 0. The third-order valence-corrected chi connectivity index (χ3v) is 20.5. The van der Waals surface area contributed by atoms with Gasteiger partial charge in [0.05, 0.1) is 77.7 Å². The topological polar surface area (TPSA) is 196 Å². The van der Waals surface area contributed by atoms with E-state index in [9.17, 15) is 0 Å². The van der Waals surface area contributed by atoms with Crippen molar-refractivity contribution in [1.82, 2.24) is 68.5 Å². The maximum Gasteiger partial charge on any atom is 0.227 e. The number of pyridine rings is 8. The molecule has 0 spiro atoms. The largest absolute Gasteiger partial charge is 0.435 e. The fraction of sp³-hybridized carbons (Fsp3) is 0. The quantitative estimate of drug-likeness (QED) is 0.119. The van der Waals surface area contributed by atoms with Crippen molar-refractivity contribution in [3.63, 3.8) is 0 Å². The second kappa shape index (κ2) is 28.2. The number of oxazole rings is 3. The second-order valence-corrected chi connectivity index (χ2v) is 27.4. The minimum absolute atomic E-state index is 0.604. The molecule has 0 saturated carbocycles. The third-order valence-electron chi connectivity index (χ3n) is 20.5. The van der Waals surface area contributed by atoms with E-state index in [1.54, 1.807) is 37.2 Å². The van der Waals surface area contributed by atoms with E-state index in [1.165, 1.54) is 0 Å². The zero-order valence-corrected chi connectivity index (χ0v) is 60.6. The van der Waals surface area contributed by atoms with E-state index in [4.69, 9.17) is 43.2 Å². The summed E-state index contributed by atoms with van der Waals surface area (Å²) in [7, 11) is 0. The standard InChI is InChI=1S/2C34H21N5O.C29H18N4O/c1-2-10-22(11-3-1)34-38-27-16-17-30-32(33(27)40-34)24-12-4-5-15-29(24)39(30)31-21-23(25-13-6-8-18-35-25)20-28(37-31)26-14-7-9-19-36-26;1-2-8-22(9-3-1)34-38-27-14-15-30-32(33(27)40-34)26-12-4-5-13-29(26)39(30)31-19-25(23-10-6-16-35-20-23)18-28(37-31)24-11-7-17-36-21-24;1-2-7-20(8-3-1)29-32-23-13-14-25-27(28(23)34-29)21-9-4-5-11-24(21)33(25)26-12-6-10-22(31-26)19-15-17-30-18-16-19/h2*1-21H;1-18H. The summed E-state index contributed by atoms with van der Waals surface area (Å²) < 4.78 is 25.8. The van der Waals surface area contributed by atoms with E-state index in [0.29, 0.717) is 17.7 Å². The molecule has 0 amide bonds. The van der Waals surface area contributed by atoms with Crippen LogP contribution in [-0.2, 0) is 0 Å². The van der Waals surface area contributed by atoms with Crippen LogP contribution in [0.4, 0.5) is 0 Å². The first-order valence-electron chi connectivity index (χ1n) is 37.2. The van der Waals surface area contributed by atoms with Gasteiger partial charge < -0.3 is 13.3 Å². The summed E-state index contributed by atoms with van der Waals surface area (Å²) >= 11 is 0. The van der Waals surface area contributed by atoms with Crippen LogP contribution in [0, 0.1) is 0 Å². The number of aromatic nitrogens is 14. The van der Waals surface area contributed by atoms with Crippen LogP contribution in [-0.4, -0.2) is 68.5 Å². The minimum Gasteiger partial charge on any atom is -0.435 e. The zero-order chi connectivity index (χ0) is 75.4. The predicted octanol–water partition coefficient (Wildman–Crippen LogP) is 23.3. The molecule has 0 fully saturated rings. The molecule has 9 aromatic carbocycles. The number of nitrogens with zero attached hydrogens (tertiary/aromatic N) is 14. The van der Waals surface area contributed by atoms with Gasteiger partial charge in [0.1, 0.15) is 34.0 Å². The van der Waals surface area contributed by atoms with Gasteiger partial charge in [0.2, 0.25) is 17.7 Å². The molecule has 0 aliphatic rings. The van der Waals surface area contributed by atoms with Crippen molar-refractivity contribution in [2.75, 3.05) is 0 Å². The van der Waals surface area contributed by atoms with Gasteiger partial charge in [0, 0.05) is 105 Å². The number of hydrogen-bond acceptors (Lipinski definition) is 14. The fourth-order valence-corrected chi connectivity index (χ4v) is 15.3. The first kappa shape index (κ1) is 66.2. The molecule has 114 heavy (non-hydrogen) atoms. The Morgan fingerprint density at radius 2 is 0.614 bits per heavy atom. The van der Waals surface area contributed by atoms with Crippen molar-refractivity contribution >= 4 is 98.7 Å². The molecule has 14 aromatic heterocycles. The smallest absolute Gasteiger partial charge is 0.227 e. The van der Waals surface area contributed by atoms with Crippen molar-refractivity contribution in [1.29, 1.82) is 0 Å². The molecule has 0 atom stereocenters. The Bertz CT molecular complexity index is 7090. The normalized spacial score (nSPS) is 11.5. The van der Waals surface area contributed by atoms with Crippen LogP contribution in [0.25, 0.3) is 207 Å². The highest BCUT2D eigenvalue weighted by atomic mass is 16.4. The van der Waals surface area contributed by atoms with Gasteiger partial charge in [-0.3, -0.25) is 38.6 Å². The molecule has 0 saturated heterocycles. The summed E-state index contributed by atoms with van der Waals surface area (Å²) in [6.07, 6.45) is 14.4. The molecule has 23 rings (SSSR count). The van der Waals surface area contributed by atoms with Crippen LogP contribution in [0.15, 0.2) is 378 Å². The molecule has 0 radical (unpaired) electrons. The molecule has 0 bridgehead atoms. The van der Waals surface area contributed by atoms with Crippen LogP contribution in [0.2, 0.25) is 0 Å². The third kappa shape index (κ3) is 11.9. The molecule has 23 aromatic rings. The van der Waals surface area contributed by atoms with Crippen molar-refractivity contribution in [3.8, 4) is 108 Å². The molecule has 0 unspecified atom stereocenters. The van der Waals surface area contributed by atoms with Crippen LogP contribution in [0.3, 0.4) is 0 Å². The lowest BCUT2D eigenvalue weighted by Crippen LogP contribution is -2.01. The lowest BCUT2D eigenvalue weighted by atomic mass is 10.1. The molecule has 536 valence electrons. The summed E-state index contributed by atoms with van der Waals surface area (Å²) in [6.45, 7) is 0. The van der Waals surface area contributed by atoms with Crippen molar-refractivity contribution in [2.24, 2.45) is 0 Å². The molecule has 0 N–H and O–H groups in total. The molecular weight excluding hydrogens is 1410 g/mol. The zero-order valence-electron chi connectivity index (χ0n) is 60.6. The van der Waals surface area contributed by atoms with Crippen molar-refractivity contribution in [3.05, 3.63) is 365 Å². The van der Waals surface area contributed by atoms with E-state index in [2.05, 4.69) is 148 Å². The van der Waals surface area contributed by atoms with Gasteiger partial charge in [-0.05, 0) is 188 Å². The molecule has 0 aliphatic heterocycles. The molecule has 17 nitrogen and oxygen atoms in total. The fourth-order valence-electron chi connectivity index (χ4n) is 15.3. The van der Waals surface area contributed by atoms with Crippen molar-refractivity contribution in [2.45, 2.75) is 0 Å². The maximum atomic E-state index is 6.45. The Labute approximate surface area is 649 Å². The lowest BCUT2D eigenvalue weighted by molar-refractivity contribution is 0.622. The van der Waals surface area contributed by atoms with Crippen molar-refractivity contribution < 1.29 is 13.3 Å². The summed E-state index contributed by atoms with van der Waals surface area (Å²) in [6, 6.07) is 106. The van der Waals surface area contributed by atoms with Gasteiger partial charge >= 0.3 is 0 Å². The Balaban J connectivity index is 0.000000108. The van der Waals surface area contributed by atoms with Crippen LogP contribution in [0.5, 0.6) is 0 Å². The van der Waals surface area contributed by atoms with Gasteiger partial charge in [-0.1, -0.05) is 133 Å². The highest BCUT2D eigenvalue weighted by Crippen LogP contribution is 2.44. The first-order valence-corrected chi connectivity index (χ1v) is 37.2. The van der Waals surface area contributed by atoms with Crippen LogP contribution >= 0.6 is 0 Å². The van der Waals surface area contributed by atoms with Crippen LogP contribution < -0.4 is 0 Å².